The van der Waals surface area contributed by atoms with E-state index in [1.807, 2.05) is 4.90 Å². The minimum absolute atomic E-state index is 0.127. The molecule has 1 atom stereocenters. The second-order valence-corrected chi connectivity index (χ2v) is 5.38. The van der Waals surface area contributed by atoms with Crippen molar-refractivity contribution in [1.29, 1.82) is 0 Å². The second kappa shape index (κ2) is 6.83. The van der Waals surface area contributed by atoms with E-state index in [2.05, 4.69) is 5.32 Å². The van der Waals surface area contributed by atoms with Crippen LogP contribution in [0, 0.1) is 0 Å². The largest absolute Gasteiger partial charge is 0.343 e. The van der Waals surface area contributed by atoms with Crippen LogP contribution in [0.2, 0.25) is 0 Å². The van der Waals surface area contributed by atoms with Crippen molar-refractivity contribution in [3.05, 3.63) is 0 Å². The number of carbonyl (C=O) groups is 3. The van der Waals surface area contributed by atoms with Gasteiger partial charge in [0.25, 0.3) is 0 Å². The predicted molar refractivity (Wildman–Crippen MR) is 73.8 cm³/mol. The lowest BCUT2D eigenvalue weighted by atomic mass is 10.1. The maximum absolute atomic E-state index is 12.0. The summed E-state index contributed by atoms with van der Waals surface area (Å²) in [7, 11) is 0. The van der Waals surface area contributed by atoms with E-state index in [9.17, 15) is 14.4 Å². The standard InChI is InChI=1S/C14H23N3O3/c1-2-17-13(19)10-11(14(17)20)15-7-6-12(18)16-8-4-3-5-9-16/h11,15H,2-10H2,1H3. The summed E-state index contributed by atoms with van der Waals surface area (Å²) >= 11 is 0. The normalized spacial score (nSPS) is 23.6. The van der Waals surface area contributed by atoms with Crippen LogP contribution in [0.25, 0.3) is 0 Å². The number of piperidine rings is 1. The molecule has 0 aromatic carbocycles. The smallest absolute Gasteiger partial charge is 0.246 e. The van der Waals surface area contributed by atoms with Crippen LogP contribution in [-0.2, 0) is 14.4 Å². The molecule has 3 amide bonds. The molecule has 0 bridgehead atoms. The van der Waals surface area contributed by atoms with Crippen molar-refractivity contribution in [1.82, 2.24) is 15.1 Å². The molecule has 6 heteroatoms. The lowest BCUT2D eigenvalue weighted by Gasteiger charge is -2.26. The molecule has 0 spiro atoms. The average Bonchev–Trinajstić information content (AvgIpc) is 2.74. The number of amides is 3. The molecule has 0 saturated carbocycles. The van der Waals surface area contributed by atoms with E-state index in [0.29, 0.717) is 19.5 Å². The van der Waals surface area contributed by atoms with Crippen LogP contribution in [0.1, 0.15) is 39.0 Å². The van der Waals surface area contributed by atoms with Crippen LogP contribution in [0.3, 0.4) is 0 Å². The van der Waals surface area contributed by atoms with Gasteiger partial charge in [-0.3, -0.25) is 19.3 Å². The summed E-state index contributed by atoms with van der Waals surface area (Å²) in [5, 5.41) is 3.04. The van der Waals surface area contributed by atoms with Crippen LogP contribution < -0.4 is 5.32 Å². The van der Waals surface area contributed by atoms with Crippen LogP contribution in [0.5, 0.6) is 0 Å². The molecule has 2 aliphatic rings. The minimum atomic E-state index is -0.448. The van der Waals surface area contributed by atoms with Crippen molar-refractivity contribution < 1.29 is 14.4 Å². The number of likely N-dealkylation sites (tertiary alicyclic amines) is 2. The topological polar surface area (TPSA) is 69.7 Å². The van der Waals surface area contributed by atoms with Gasteiger partial charge in [0, 0.05) is 32.6 Å². The van der Waals surface area contributed by atoms with E-state index in [1.54, 1.807) is 6.92 Å². The molecule has 6 nitrogen and oxygen atoms in total. The highest BCUT2D eigenvalue weighted by Gasteiger charge is 2.37. The Kier molecular flexibility index (Phi) is 5.11. The van der Waals surface area contributed by atoms with Crippen molar-refractivity contribution in [2.24, 2.45) is 0 Å². The minimum Gasteiger partial charge on any atom is -0.343 e. The lowest BCUT2D eigenvalue weighted by Crippen LogP contribution is -2.41. The Labute approximate surface area is 119 Å². The molecule has 112 valence electrons. The molecule has 2 aliphatic heterocycles. The number of hydrogen-bond acceptors (Lipinski definition) is 4. The van der Waals surface area contributed by atoms with E-state index < -0.39 is 6.04 Å². The van der Waals surface area contributed by atoms with Crippen LogP contribution in [-0.4, -0.2) is 59.7 Å². The van der Waals surface area contributed by atoms with Gasteiger partial charge in [0.05, 0.1) is 12.5 Å². The number of imide groups is 1. The SMILES string of the molecule is CCN1C(=O)CC(NCCC(=O)N2CCCCC2)C1=O. The van der Waals surface area contributed by atoms with Gasteiger partial charge in [0.2, 0.25) is 17.7 Å². The van der Waals surface area contributed by atoms with Crippen LogP contribution in [0.15, 0.2) is 0 Å². The molecule has 0 aromatic rings. The summed E-state index contributed by atoms with van der Waals surface area (Å²) in [6.45, 7) is 4.36. The third-order valence-electron chi connectivity index (χ3n) is 4.00. The van der Waals surface area contributed by atoms with E-state index in [1.165, 1.54) is 11.3 Å². The van der Waals surface area contributed by atoms with Crippen molar-refractivity contribution in [3.63, 3.8) is 0 Å². The predicted octanol–water partition coefficient (Wildman–Crippen LogP) is 0.126. The van der Waals surface area contributed by atoms with Gasteiger partial charge < -0.3 is 10.2 Å². The molecule has 2 rings (SSSR count). The zero-order valence-electron chi connectivity index (χ0n) is 12.1. The first-order chi connectivity index (χ1) is 9.63. The average molecular weight is 281 g/mol. The summed E-state index contributed by atoms with van der Waals surface area (Å²) in [5.41, 5.74) is 0. The maximum Gasteiger partial charge on any atom is 0.246 e. The number of rotatable bonds is 5. The fourth-order valence-corrected chi connectivity index (χ4v) is 2.83. The molecule has 20 heavy (non-hydrogen) atoms. The lowest BCUT2D eigenvalue weighted by molar-refractivity contribution is -0.139. The molecule has 2 saturated heterocycles. The highest BCUT2D eigenvalue weighted by atomic mass is 16.2. The number of likely N-dealkylation sites (N-methyl/N-ethyl adjacent to an activating group) is 1. The first kappa shape index (κ1) is 15.0. The summed E-state index contributed by atoms with van der Waals surface area (Å²) in [6.07, 6.45) is 3.97. The van der Waals surface area contributed by atoms with E-state index in [4.69, 9.17) is 0 Å². The molecule has 2 fully saturated rings. The van der Waals surface area contributed by atoms with Gasteiger partial charge in [0.15, 0.2) is 0 Å². The van der Waals surface area contributed by atoms with E-state index in [0.717, 1.165) is 25.9 Å². The molecule has 1 unspecified atom stereocenters. The highest BCUT2D eigenvalue weighted by molar-refractivity contribution is 6.05. The van der Waals surface area contributed by atoms with Crippen LogP contribution >= 0.6 is 0 Å². The Hall–Kier alpha value is -1.43. The fraction of sp³-hybridized carbons (Fsp3) is 0.786. The monoisotopic (exact) mass is 281 g/mol. The van der Waals surface area contributed by atoms with Gasteiger partial charge in [-0.1, -0.05) is 0 Å². The zero-order valence-corrected chi connectivity index (χ0v) is 12.1. The van der Waals surface area contributed by atoms with Gasteiger partial charge in [0.1, 0.15) is 0 Å². The Bertz CT molecular complexity index is 391. The van der Waals surface area contributed by atoms with Gasteiger partial charge in [-0.2, -0.15) is 0 Å². The maximum atomic E-state index is 12.0. The Morgan fingerprint density at radius 3 is 2.55 bits per heavy atom. The molecule has 0 aromatic heterocycles. The number of carbonyl (C=O) groups excluding carboxylic acids is 3. The first-order valence-corrected chi connectivity index (χ1v) is 7.49. The molecule has 1 N–H and O–H groups in total. The van der Waals surface area contributed by atoms with Gasteiger partial charge in [-0.25, -0.2) is 0 Å². The fourth-order valence-electron chi connectivity index (χ4n) is 2.83. The van der Waals surface area contributed by atoms with E-state index >= 15 is 0 Å². The number of hydrogen-bond donors (Lipinski definition) is 1. The Balaban J connectivity index is 1.72. The Morgan fingerprint density at radius 1 is 1.25 bits per heavy atom. The molecule has 2 heterocycles. The van der Waals surface area contributed by atoms with Crippen molar-refractivity contribution in [3.8, 4) is 0 Å². The summed E-state index contributed by atoms with van der Waals surface area (Å²) < 4.78 is 0. The summed E-state index contributed by atoms with van der Waals surface area (Å²) in [6, 6.07) is -0.448. The quantitative estimate of drug-likeness (QED) is 0.727. The highest BCUT2D eigenvalue weighted by Crippen LogP contribution is 2.13. The summed E-state index contributed by atoms with van der Waals surface area (Å²) in [4.78, 5) is 38.6. The second-order valence-electron chi connectivity index (χ2n) is 5.38. The molecule has 0 aliphatic carbocycles. The van der Waals surface area contributed by atoms with Crippen molar-refractivity contribution in [2.45, 2.75) is 45.1 Å². The molecule has 0 radical (unpaired) electrons. The van der Waals surface area contributed by atoms with Gasteiger partial charge in [-0.05, 0) is 26.2 Å². The zero-order chi connectivity index (χ0) is 14.5. The summed E-state index contributed by atoms with van der Waals surface area (Å²) in [5.74, 6) is -0.151. The van der Waals surface area contributed by atoms with Crippen LogP contribution in [0.4, 0.5) is 0 Å². The van der Waals surface area contributed by atoms with Gasteiger partial charge >= 0.3 is 0 Å². The third-order valence-corrected chi connectivity index (χ3v) is 4.00. The number of nitrogens with one attached hydrogen (secondary N) is 1. The van der Waals surface area contributed by atoms with E-state index in [-0.39, 0.29) is 24.1 Å². The Morgan fingerprint density at radius 2 is 1.95 bits per heavy atom. The van der Waals surface area contributed by atoms with Gasteiger partial charge in [-0.15, -0.1) is 0 Å². The van der Waals surface area contributed by atoms with Crippen molar-refractivity contribution in [2.75, 3.05) is 26.2 Å². The number of nitrogens with zero attached hydrogens (tertiary/aromatic N) is 2. The third kappa shape index (κ3) is 3.36. The van der Waals surface area contributed by atoms with Crippen molar-refractivity contribution >= 4 is 17.7 Å². The first-order valence-electron chi connectivity index (χ1n) is 7.49. The molecular formula is C14H23N3O3. The molecular weight excluding hydrogens is 258 g/mol.